The molecule has 0 saturated heterocycles. The maximum Gasteiger partial charge on any atom is 0.140 e. The first-order valence-electron chi connectivity index (χ1n) is 3.24. The molecule has 0 bridgehead atoms. The lowest BCUT2D eigenvalue weighted by atomic mass is 10.2. The summed E-state index contributed by atoms with van der Waals surface area (Å²) < 4.78 is 12.9. The molecule has 0 atom stereocenters. The van der Waals surface area contributed by atoms with Gasteiger partial charge in [-0.3, -0.25) is 0 Å². The van der Waals surface area contributed by atoms with Crippen molar-refractivity contribution in [2.75, 3.05) is 5.88 Å². The molecular formula is C9H5Cl2F. The van der Waals surface area contributed by atoms with Crippen molar-refractivity contribution in [2.45, 2.75) is 0 Å². The van der Waals surface area contributed by atoms with Gasteiger partial charge in [0.05, 0.1) is 11.4 Å². The van der Waals surface area contributed by atoms with Crippen molar-refractivity contribution in [3.05, 3.63) is 34.6 Å². The van der Waals surface area contributed by atoms with E-state index in [1.165, 1.54) is 12.1 Å². The average molecular weight is 203 g/mol. The number of halogens is 3. The molecule has 0 N–H and O–H groups in total. The molecule has 0 amide bonds. The Labute approximate surface area is 80.3 Å². The summed E-state index contributed by atoms with van der Waals surface area (Å²) >= 11 is 10.8. The molecule has 0 aliphatic rings. The predicted octanol–water partition coefficient (Wildman–Crippen LogP) is 3.07. The minimum Gasteiger partial charge on any atom is -0.206 e. The van der Waals surface area contributed by atoms with Crippen molar-refractivity contribution in [1.29, 1.82) is 0 Å². The van der Waals surface area contributed by atoms with E-state index in [4.69, 9.17) is 23.2 Å². The number of alkyl halides is 1. The fourth-order valence-electron chi connectivity index (χ4n) is 0.719. The Hall–Kier alpha value is -0.710. The first-order chi connectivity index (χ1) is 5.74. The molecule has 0 spiro atoms. The van der Waals surface area contributed by atoms with E-state index in [1.54, 1.807) is 6.07 Å². The molecule has 0 nitrogen and oxygen atoms in total. The summed E-state index contributed by atoms with van der Waals surface area (Å²) in [5.41, 5.74) is 0.319. The van der Waals surface area contributed by atoms with Gasteiger partial charge in [-0.15, -0.1) is 11.6 Å². The van der Waals surface area contributed by atoms with Crippen LogP contribution < -0.4 is 0 Å². The molecule has 0 aliphatic heterocycles. The molecule has 1 rings (SSSR count). The number of rotatable bonds is 0. The van der Waals surface area contributed by atoms with Crippen LogP contribution in [0.25, 0.3) is 0 Å². The van der Waals surface area contributed by atoms with Gasteiger partial charge in [-0.2, -0.15) is 0 Å². The van der Waals surface area contributed by atoms with Crippen molar-refractivity contribution in [3.8, 4) is 11.8 Å². The van der Waals surface area contributed by atoms with Gasteiger partial charge < -0.3 is 0 Å². The lowest BCUT2D eigenvalue weighted by molar-refractivity contribution is 0.624. The number of hydrogen-bond donors (Lipinski definition) is 0. The van der Waals surface area contributed by atoms with Crippen LogP contribution in [-0.2, 0) is 0 Å². The second kappa shape index (κ2) is 4.35. The van der Waals surface area contributed by atoms with Crippen LogP contribution in [0.5, 0.6) is 0 Å². The molecular weight excluding hydrogens is 198 g/mol. The van der Waals surface area contributed by atoms with Crippen molar-refractivity contribution in [3.63, 3.8) is 0 Å². The Morgan fingerprint density at radius 3 is 2.75 bits per heavy atom. The van der Waals surface area contributed by atoms with Crippen LogP contribution in [0.4, 0.5) is 4.39 Å². The molecule has 1 aromatic carbocycles. The second-order valence-electron chi connectivity index (χ2n) is 2.06. The van der Waals surface area contributed by atoms with E-state index in [9.17, 15) is 4.39 Å². The Morgan fingerprint density at radius 1 is 1.42 bits per heavy atom. The minimum absolute atomic E-state index is 0.196. The Kier molecular flexibility index (Phi) is 3.40. The third-order valence-electron chi connectivity index (χ3n) is 1.22. The molecule has 0 heterocycles. The highest BCUT2D eigenvalue weighted by atomic mass is 35.5. The first kappa shape index (κ1) is 9.38. The van der Waals surface area contributed by atoms with Crippen LogP contribution in [0.1, 0.15) is 5.56 Å². The monoisotopic (exact) mass is 202 g/mol. The van der Waals surface area contributed by atoms with Crippen molar-refractivity contribution in [1.82, 2.24) is 0 Å². The molecule has 0 saturated carbocycles. The van der Waals surface area contributed by atoms with Gasteiger partial charge in [-0.25, -0.2) is 4.39 Å². The van der Waals surface area contributed by atoms with Gasteiger partial charge in [0, 0.05) is 5.02 Å². The first-order valence-corrected chi connectivity index (χ1v) is 4.15. The van der Waals surface area contributed by atoms with Crippen LogP contribution in [-0.4, -0.2) is 5.88 Å². The van der Waals surface area contributed by atoms with Gasteiger partial charge in [0.1, 0.15) is 5.82 Å². The molecule has 62 valence electrons. The fourth-order valence-corrected chi connectivity index (χ4v) is 0.945. The maximum atomic E-state index is 12.9. The quantitative estimate of drug-likeness (QED) is 0.449. The van der Waals surface area contributed by atoms with E-state index in [2.05, 4.69) is 11.8 Å². The SMILES string of the molecule is Fc1cc(Cl)ccc1C#CCCl. The topological polar surface area (TPSA) is 0 Å². The summed E-state index contributed by atoms with van der Waals surface area (Å²) in [5, 5.41) is 0.365. The van der Waals surface area contributed by atoms with Crippen LogP contribution in [0.3, 0.4) is 0 Å². The van der Waals surface area contributed by atoms with Crippen molar-refractivity contribution < 1.29 is 4.39 Å². The normalized spacial score (nSPS) is 8.92. The highest BCUT2D eigenvalue weighted by Gasteiger charge is 1.98. The van der Waals surface area contributed by atoms with Crippen LogP contribution >= 0.6 is 23.2 Å². The smallest absolute Gasteiger partial charge is 0.140 e. The summed E-state index contributed by atoms with van der Waals surface area (Å²) in [6.07, 6.45) is 0. The van der Waals surface area contributed by atoms with E-state index in [1.807, 2.05) is 0 Å². The van der Waals surface area contributed by atoms with E-state index in [-0.39, 0.29) is 5.88 Å². The van der Waals surface area contributed by atoms with Gasteiger partial charge in [0.2, 0.25) is 0 Å². The minimum atomic E-state index is -0.417. The van der Waals surface area contributed by atoms with Gasteiger partial charge in [0.25, 0.3) is 0 Å². The fraction of sp³-hybridized carbons (Fsp3) is 0.111. The molecule has 3 heteroatoms. The molecule has 1 aromatic rings. The lowest BCUT2D eigenvalue weighted by Gasteiger charge is -1.93. The molecule has 0 unspecified atom stereocenters. The van der Waals surface area contributed by atoms with Crippen molar-refractivity contribution >= 4 is 23.2 Å². The second-order valence-corrected chi connectivity index (χ2v) is 2.76. The predicted molar refractivity (Wildman–Crippen MR) is 49.0 cm³/mol. The summed E-state index contributed by atoms with van der Waals surface area (Å²) in [6.45, 7) is 0. The maximum absolute atomic E-state index is 12.9. The summed E-state index contributed by atoms with van der Waals surface area (Å²) in [6, 6.07) is 4.33. The molecule has 0 aliphatic carbocycles. The van der Waals surface area contributed by atoms with E-state index < -0.39 is 5.82 Å². The van der Waals surface area contributed by atoms with E-state index in [0.29, 0.717) is 10.6 Å². The van der Waals surface area contributed by atoms with Crippen LogP contribution in [0, 0.1) is 17.7 Å². The van der Waals surface area contributed by atoms with Gasteiger partial charge in [-0.1, -0.05) is 23.4 Å². The average Bonchev–Trinajstić information content (AvgIpc) is 2.03. The van der Waals surface area contributed by atoms with E-state index >= 15 is 0 Å². The summed E-state index contributed by atoms with van der Waals surface area (Å²) in [4.78, 5) is 0. The highest BCUT2D eigenvalue weighted by molar-refractivity contribution is 6.30. The zero-order chi connectivity index (χ0) is 8.97. The van der Waals surface area contributed by atoms with Gasteiger partial charge in [-0.05, 0) is 18.2 Å². The molecule has 0 aromatic heterocycles. The van der Waals surface area contributed by atoms with Crippen LogP contribution in [0.15, 0.2) is 18.2 Å². The van der Waals surface area contributed by atoms with Crippen LogP contribution in [0.2, 0.25) is 5.02 Å². The lowest BCUT2D eigenvalue weighted by Crippen LogP contribution is -1.82. The third kappa shape index (κ3) is 2.41. The zero-order valence-electron chi connectivity index (χ0n) is 6.07. The standard InChI is InChI=1S/C9H5Cl2F/c10-5-1-2-7-3-4-8(11)6-9(7)12/h3-4,6H,5H2. The largest absolute Gasteiger partial charge is 0.206 e. The summed E-state index contributed by atoms with van der Waals surface area (Å²) in [5.74, 6) is 4.91. The zero-order valence-corrected chi connectivity index (χ0v) is 7.58. The molecule has 12 heavy (non-hydrogen) atoms. The molecule has 0 fully saturated rings. The third-order valence-corrected chi connectivity index (χ3v) is 1.59. The molecule has 0 radical (unpaired) electrons. The van der Waals surface area contributed by atoms with Gasteiger partial charge >= 0.3 is 0 Å². The number of benzene rings is 1. The highest BCUT2D eigenvalue weighted by Crippen LogP contribution is 2.13. The number of hydrogen-bond acceptors (Lipinski definition) is 0. The Morgan fingerprint density at radius 2 is 2.17 bits per heavy atom. The van der Waals surface area contributed by atoms with E-state index in [0.717, 1.165) is 0 Å². The summed E-state index contributed by atoms with van der Waals surface area (Å²) in [7, 11) is 0. The Balaban J connectivity index is 3.01. The van der Waals surface area contributed by atoms with Crippen molar-refractivity contribution in [2.24, 2.45) is 0 Å². The van der Waals surface area contributed by atoms with Gasteiger partial charge in [0.15, 0.2) is 0 Å². The Bertz CT molecular complexity index is 336.